The Labute approximate surface area is 187 Å². The van der Waals surface area contributed by atoms with Crippen LogP contribution in [0.3, 0.4) is 0 Å². The third-order valence-electron chi connectivity index (χ3n) is 5.28. The zero-order valence-electron chi connectivity index (χ0n) is 16.4. The number of rotatable bonds is 4. The number of esters is 1. The molecular formula is C19H17BrF4N4O2S. The number of nitrogens with zero attached hydrogens (tertiary/aromatic N) is 3. The van der Waals surface area contributed by atoms with E-state index in [2.05, 4.69) is 26.0 Å². The SMILES string of the molecule is CCOC(=O)C(c1[nH]c(=S)n2c1C[C@@H](F)C2)n1cc2c(C(F)(F)F)cc(Br)c(C)c2n1. The van der Waals surface area contributed by atoms with Crippen molar-refractivity contribution >= 4 is 45.0 Å². The summed E-state index contributed by atoms with van der Waals surface area (Å²) in [5.41, 5.74) is 0.440. The second kappa shape index (κ2) is 7.73. The molecule has 0 bridgehead atoms. The first-order chi connectivity index (χ1) is 14.5. The van der Waals surface area contributed by atoms with Crippen molar-refractivity contribution in [1.29, 1.82) is 0 Å². The van der Waals surface area contributed by atoms with E-state index in [0.29, 0.717) is 11.3 Å². The van der Waals surface area contributed by atoms with E-state index in [9.17, 15) is 22.4 Å². The molecule has 1 aliphatic heterocycles. The smallest absolute Gasteiger partial charge is 0.417 e. The number of carbonyl (C=O) groups is 1. The molecule has 2 atom stereocenters. The monoisotopic (exact) mass is 520 g/mol. The highest BCUT2D eigenvalue weighted by molar-refractivity contribution is 9.10. The predicted octanol–water partition coefficient (Wildman–Crippen LogP) is 5.03. The van der Waals surface area contributed by atoms with Crippen LogP contribution in [0, 0.1) is 11.7 Å². The fourth-order valence-corrected chi connectivity index (χ4v) is 4.58. The van der Waals surface area contributed by atoms with Gasteiger partial charge >= 0.3 is 12.1 Å². The largest absolute Gasteiger partial charge is 0.464 e. The number of halogens is 5. The molecular weight excluding hydrogens is 504 g/mol. The van der Waals surface area contributed by atoms with Crippen molar-refractivity contribution < 1.29 is 27.1 Å². The first-order valence-electron chi connectivity index (χ1n) is 9.40. The topological polar surface area (TPSA) is 64.8 Å². The van der Waals surface area contributed by atoms with Gasteiger partial charge < -0.3 is 14.3 Å². The Kier molecular flexibility index (Phi) is 5.49. The van der Waals surface area contributed by atoms with Crippen LogP contribution < -0.4 is 0 Å². The van der Waals surface area contributed by atoms with E-state index in [1.807, 2.05) is 0 Å². The summed E-state index contributed by atoms with van der Waals surface area (Å²) in [6.07, 6.45) is -4.60. The normalized spacial score (nSPS) is 17.2. The summed E-state index contributed by atoms with van der Waals surface area (Å²) >= 11 is 8.40. The Morgan fingerprint density at radius 3 is 2.84 bits per heavy atom. The minimum absolute atomic E-state index is 0.0253. The molecule has 3 heterocycles. The van der Waals surface area contributed by atoms with E-state index in [0.717, 1.165) is 10.7 Å². The van der Waals surface area contributed by atoms with E-state index in [1.54, 1.807) is 18.4 Å². The van der Waals surface area contributed by atoms with Crippen molar-refractivity contribution in [3.8, 4) is 0 Å². The number of imidazole rings is 1. The summed E-state index contributed by atoms with van der Waals surface area (Å²) in [6.45, 7) is 3.34. The second-order valence-corrected chi connectivity index (χ2v) is 8.50. The van der Waals surface area contributed by atoms with Gasteiger partial charge in [0.15, 0.2) is 10.8 Å². The first kappa shape index (κ1) is 22.0. The number of hydrogen-bond acceptors (Lipinski definition) is 4. The fourth-order valence-electron chi connectivity index (χ4n) is 3.87. The Morgan fingerprint density at radius 2 is 2.19 bits per heavy atom. The van der Waals surface area contributed by atoms with Crippen molar-refractivity contribution in [3.63, 3.8) is 0 Å². The molecule has 3 aromatic rings. The van der Waals surface area contributed by atoms with Crippen molar-refractivity contribution in [2.45, 2.75) is 45.2 Å². The molecule has 0 amide bonds. The molecule has 0 radical (unpaired) electrons. The number of aryl methyl sites for hydroxylation is 1. The van der Waals surface area contributed by atoms with Gasteiger partial charge in [0.2, 0.25) is 0 Å². The maximum atomic E-state index is 14.0. The lowest BCUT2D eigenvalue weighted by Gasteiger charge is -2.16. The Morgan fingerprint density at radius 1 is 1.48 bits per heavy atom. The summed E-state index contributed by atoms with van der Waals surface area (Å²) in [5.74, 6) is -0.734. The summed E-state index contributed by atoms with van der Waals surface area (Å²) in [6, 6.07) is -0.254. The van der Waals surface area contributed by atoms with Crippen LogP contribution in [-0.2, 0) is 28.7 Å². The molecule has 0 saturated carbocycles. The average Bonchev–Trinajstić information content (AvgIpc) is 3.34. The molecule has 1 aromatic carbocycles. The van der Waals surface area contributed by atoms with E-state index < -0.39 is 29.9 Å². The van der Waals surface area contributed by atoms with Crippen molar-refractivity contribution in [3.05, 3.63) is 44.0 Å². The van der Waals surface area contributed by atoms with Crippen LogP contribution in [-0.4, -0.2) is 38.1 Å². The van der Waals surface area contributed by atoms with Crippen LogP contribution in [0.5, 0.6) is 0 Å². The summed E-state index contributed by atoms with van der Waals surface area (Å²) in [4.78, 5) is 15.8. The zero-order valence-corrected chi connectivity index (χ0v) is 18.8. The van der Waals surface area contributed by atoms with Crippen molar-refractivity contribution in [2.75, 3.05) is 6.61 Å². The standard InChI is InChI=1S/C19H17BrF4N4O2S/c1-3-30-17(29)16(15-13-4-9(21)6-27(13)18(31)25-15)28-7-10-11(19(22,23)24)5-12(20)8(2)14(10)26-28/h5,7,9,16H,3-4,6H2,1-2H3,(H,25,31)/t9-,16?/m1/s1. The summed E-state index contributed by atoms with van der Waals surface area (Å²) < 4.78 is 63.3. The molecule has 2 aromatic heterocycles. The van der Waals surface area contributed by atoms with E-state index >= 15 is 0 Å². The highest BCUT2D eigenvalue weighted by Crippen LogP contribution is 2.39. The van der Waals surface area contributed by atoms with Crippen molar-refractivity contribution in [2.24, 2.45) is 0 Å². The van der Waals surface area contributed by atoms with E-state index in [1.165, 1.54) is 6.20 Å². The van der Waals surface area contributed by atoms with Crippen LogP contribution >= 0.6 is 28.1 Å². The third-order valence-corrected chi connectivity index (χ3v) is 6.42. The van der Waals surface area contributed by atoms with E-state index in [4.69, 9.17) is 17.0 Å². The van der Waals surface area contributed by atoms with Gasteiger partial charge in [-0.3, -0.25) is 4.68 Å². The maximum absolute atomic E-state index is 14.0. The average molecular weight is 521 g/mol. The molecule has 166 valence electrons. The maximum Gasteiger partial charge on any atom is 0.417 e. The highest BCUT2D eigenvalue weighted by Gasteiger charge is 2.38. The van der Waals surface area contributed by atoms with Crippen LogP contribution in [0.25, 0.3) is 10.9 Å². The molecule has 0 saturated heterocycles. The quantitative estimate of drug-likeness (QED) is 0.297. The number of ether oxygens (including phenoxy) is 1. The van der Waals surface area contributed by atoms with Crippen LogP contribution in [0.15, 0.2) is 16.7 Å². The van der Waals surface area contributed by atoms with E-state index in [-0.39, 0.29) is 45.4 Å². The number of aromatic nitrogens is 4. The van der Waals surface area contributed by atoms with Crippen LogP contribution in [0.4, 0.5) is 17.6 Å². The number of hydrogen-bond donors (Lipinski definition) is 1. The summed E-state index contributed by atoms with van der Waals surface area (Å²) in [5, 5.41) is 4.16. The number of carbonyl (C=O) groups excluding carboxylic acids is 1. The van der Waals surface area contributed by atoms with Gasteiger partial charge in [-0.1, -0.05) is 15.9 Å². The Balaban J connectivity index is 1.96. The fraction of sp³-hybridized carbons (Fsp3) is 0.421. The lowest BCUT2D eigenvalue weighted by Crippen LogP contribution is -2.25. The predicted molar refractivity (Wildman–Crippen MR) is 110 cm³/mol. The molecule has 6 nitrogen and oxygen atoms in total. The molecule has 4 rings (SSSR count). The van der Waals surface area contributed by atoms with Crippen molar-refractivity contribution in [1.82, 2.24) is 19.3 Å². The lowest BCUT2D eigenvalue weighted by atomic mass is 10.1. The van der Waals surface area contributed by atoms with Crippen LogP contribution in [0.1, 0.15) is 35.5 Å². The number of alkyl halides is 4. The zero-order chi connectivity index (χ0) is 22.7. The Bertz CT molecular complexity index is 1250. The molecule has 31 heavy (non-hydrogen) atoms. The minimum atomic E-state index is -4.62. The third kappa shape index (κ3) is 3.69. The number of fused-ring (bicyclic) bond motifs is 2. The lowest BCUT2D eigenvalue weighted by molar-refractivity contribution is -0.146. The highest BCUT2D eigenvalue weighted by atomic mass is 79.9. The summed E-state index contributed by atoms with van der Waals surface area (Å²) in [7, 11) is 0. The molecule has 0 aliphatic carbocycles. The van der Waals surface area contributed by atoms with Gasteiger partial charge in [-0.25, -0.2) is 9.18 Å². The second-order valence-electron chi connectivity index (χ2n) is 7.26. The van der Waals surface area contributed by atoms with Crippen LogP contribution in [0.2, 0.25) is 0 Å². The first-order valence-corrected chi connectivity index (χ1v) is 10.6. The van der Waals surface area contributed by atoms with Gasteiger partial charge in [-0.2, -0.15) is 18.3 Å². The number of aromatic amines is 1. The molecule has 0 spiro atoms. The number of benzene rings is 1. The van der Waals surface area contributed by atoms with Gasteiger partial charge in [0, 0.05) is 28.2 Å². The molecule has 1 aliphatic rings. The van der Waals surface area contributed by atoms with Gasteiger partial charge in [0.05, 0.1) is 29.9 Å². The number of nitrogens with one attached hydrogen (secondary N) is 1. The van der Waals surface area contributed by atoms with Gasteiger partial charge in [0.25, 0.3) is 0 Å². The molecule has 12 heteroatoms. The molecule has 0 fully saturated rings. The Hall–Kier alpha value is -2.21. The number of H-pyrrole nitrogens is 1. The van der Waals surface area contributed by atoms with Gasteiger partial charge in [0.1, 0.15) is 6.17 Å². The minimum Gasteiger partial charge on any atom is -0.464 e. The molecule has 1 unspecified atom stereocenters. The van der Waals surface area contributed by atoms with Gasteiger partial charge in [-0.05, 0) is 37.7 Å². The molecule has 1 N–H and O–H groups in total. The van der Waals surface area contributed by atoms with Gasteiger partial charge in [-0.15, -0.1) is 0 Å².